The molecule has 0 amide bonds. The van der Waals surface area contributed by atoms with E-state index >= 15 is 0 Å². The SMILES string of the molecule is C[C@@H](C(=O)O)n1cc(C=CCC(=O)O)cn1. The van der Waals surface area contributed by atoms with E-state index in [4.69, 9.17) is 10.2 Å². The smallest absolute Gasteiger partial charge is 0.328 e. The Kier molecular flexibility index (Phi) is 3.82. The van der Waals surface area contributed by atoms with Crippen molar-refractivity contribution in [1.82, 2.24) is 9.78 Å². The normalized spacial score (nSPS) is 12.8. The first-order valence-corrected chi connectivity index (χ1v) is 4.66. The lowest BCUT2D eigenvalue weighted by atomic mass is 10.3. The van der Waals surface area contributed by atoms with Gasteiger partial charge in [-0.15, -0.1) is 0 Å². The molecule has 1 rings (SSSR count). The van der Waals surface area contributed by atoms with Gasteiger partial charge in [-0.1, -0.05) is 12.2 Å². The fraction of sp³-hybridized carbons (Fsp3) is 0.300. The number of nitrogens with zero attached hydrogens (tertiary/aromatic N) is 2. The van der Waals surface area contributed by atoms with E-state index < -0.39 is 18.0 Å². The molecule has 0 aromatic carbocycles. The third-order valence-corrected chi connectivity index (χ3v) is 1.98. The average Bonchev–Trinajstić information content (AvgIpc) is 2.64. The molecule has 0 unspecified atom stereocenters. The van der Waals surface area contributed by atoms with Gasteiger partial charge in [0, 0.05) is 11.8 Å². The Balaban J connectivity index is 2.68. The van der Waals surface area contributed by atoms with Gasteiger partial charge in [-0.3, -0.25) is 9.48 Å². The summed E-state index contributed by atoms with van der Waals surface area (Å²) in [5, 5.41) is 21.0. The van der Waals surface area contributed by atoms with Gasteiger partial charge >= 0.3 is 11.9 Å². The Morgan fingerprint density at radius 3 is 2.81 bits per heavy atom. The molecule has 6 nitrogen and oxygen atoms in total. The minimum Gasteiger partial charge on any atom is -0.481 e. The number of carboxylic acid groups (broad SMARTS) is 2. The maximum Gasteiger partial charge on any atom is 0.328 e. The molecular formula is C10H12N2O4. The predicted molar refractivity (Wildman–Crippen MR) is 55.9 cm³/mol. The molecule has 0 aliphatic rings. The Hall–Kier alpha value is -2.11. The molecule has 2 N–H and O–H groups in total. The topological polar surface area (TPSA) is 92.4 Å². The van der Waals surface area contributed by atoms with Crippen LogP contribution < -0.4 is 0 Å². The summed E-state index contributed by atoms with van der Waals surface area (Å²) >= 11 is 0. The van der Waals surface area contributed by atoms with Gasteiger partial charge in [-0.05, 0) is 6.92 Å². The first-order chi connectivity index (χ1) is 7.50. The van der Waals surface area contributed by atoms with E-state index in [-0.39, 0.29) is 6.42 Å². The maximum atomic E-state index is 10.7. The van der Waals surface area contributed by atoms with Crippen LogP contribution in [0.4, 0.5) is 0 Å². The highest BCUT2D eigenvalue weighted by Gasteiger charge is 2.13. The molecule has 0 fully saturated rings. The number of aromatic nitrogens is 2. The molecule has 16 heavy (non-hydrogen) atoms. The van der Waals surface area contributed by atoms with Gasteiger partial charge in [0.25, 0.3) is 0 Å². The fourth-order valence-electron chi connectivity index (χ4n) is 1.06. The van der Waals surface area contributed by atoms with Crippen molar-refractivity contribution in [1.29, 1.82) is 0 Å². The monoisotopic (exact) mass is 224 g/mol. The zero-order valence-corrected chi connectivity index (χ0v) is 8.70. The third-order valence-electron chi connectivity index (χ3n) is 1.98. The van der Waals surface area contributed by atoms with Crippen LogP contribution in [0, 0.1) is 0 Å². The summed E-state index contributed by atoms with van der Waals surface area (Å²) in [6, 6.07) is -0.735. The number of carbonyl (C=O) groups is 2. The second-order valence-corrected chi connectivity index (χ2v) is 3.27. The van der Waals surface area contributed by atoms with E-state index in [9.17, 15) is 9.59 Å². The summed E-state index contributed by atoms with van der Waals surface area (Å²) in [6.45, 7) is 1.51. The standard InChI is InChI=1S/C10H12N2O4/c1-7(10(15)16)12-6-8(5-11-12)3-2-4-9(13)14/h2-3,5-7H,4H2,1H3,(H,13,14)(H,15,16)/t7-/m0/s1. The maximum absolute atomic E-state index is 10.7. The molecular weight excluding hydrogens is 212 g/mol. The van der Waals surface area contributed by atoms with Crippen molar-refractivity contribution in [3.8, 4) is 0 Å². The van der Waals surface area contributed by atoms with Gasteiger partial charge < -0.3 is 10.2 Å². The third kappa shape index (κ3) is 3.23. The van der Waals surface area contributed by atoms with Gasteiger partial charge in [0.05, 0.1) is 12.6 Å². The molecule has 0 spiro atoms. The Morgan fingerprint density at radius 2 is 2.25 bits per heavy atom. The highest BCUT2D eigenvalue weighted by molar-refractivity contribution is 5.71. The van der Waals surface area contributed by atoms with Crippen LogP contribution in [0.5, 0.6) is 0 Å². The molecule has 0 aliphatic carbocycles. The highest BCUT2D eigenvalue weighted by Crippen LogP contribution is 2.08. The molecule has 0 radical (unpaired) electrons. The van der Waals surface area contributed by atoms with Crippen molar-refractivity contribution in [2.75, 3.05) is 0 Å². The van der Waals surface area contributed by atoms with Crippen molar-refractivity contribution in [2.45, 2.75) is 19.4 Å². The lowest BCUT2D eigenvalue weighted by molar-refractivity contribution is -0.140. The summed E-state index contributed by atoms with van der Waals surface area (Å²) in [7, 11) is 0. The van der Waals surface area contributed by atoms with Gasteiger partial charge in [0.1, 0.15) is 6.04 Å². The second-order valence-electron chi connectivity index (χ2n) is 3.27. The van der Waals surface area contributed by atoms with E-state index in [0.29, 0.717) is 5.56 Å². The molecule has 86 valence electrons. The lowest BCUT2D eigenvalue weighted by Crippen LogP contribution is -2.15. The number of hydrogen-bond donors (Lipinski definition) is 2. The van der Waals surface area contributed by atoms with Crippen molar-refractivity contribution >= 4 is 18.0 Å². The van der Waals surface area contributed by atoms with Crippen LogP contribution in [-0.4, -0.2) is 31.9 Å². The number of aliphatic carboxylic acids is 2. The van der Waals surface area contributed by atoms with Gasteiger partial charge in [-0.2, -0.15) is 5.10 Å². The van der Waals surface area contributed by atoms with Crippen LogP contribution in [0.1, 0.15) is 24.9 Å². The van der Waals surface area contributed by atoms with Crippen LogP contribution in [0.25, 0.3) is 6.08 Å². The summed E-state index contributed by atoms with van der Waals surface area (Å²) < 4.78 is 1.31. The molecule has 1 atom stereocenters. The van der Waals surface area contributed by atoms with Gasteiger partial charge in [0.15, 0.2) is 0 Å². The minimum absolute atomic E-state index is 0.0698. The van der Waals surface area contributed by atoms with Crippen LogP contribution in [0.3, 0.4) is 0 Å². The van der Waals surface area contributed by atoms with Crippen molar-refractivity contribution in [2.24, 2.45) is 0 Å². The molecule has 6 heteroatoms. The largest absolute Gasteiger partial charge is 0.481 e. The number of rotatable bonds is 5. The first kappa shape index (κ1) is 12.0. The molecule has 1 aromatic rings. The van der Waals surface area contributed by atoms with Crippen LogP contribution in [0.15, 0.2) is 18.5 Å². The number of carboxylic acids is 2. The van der Waals surface area contributed by atoms with Crippen LogP contribution in [-0.2, 0) is 9.59 Å². The van der Waals surface area contributed by atoms with Crippen LogP contribution in [0.2, 0.25) is 0 Å². The first-order valence-electron chi connectivity index (χ1n) is 4.66. The molecule has 1 heterocycles. The molecule has 1 aromatic heterocycles. The van der Waals surface area contributed by atoms with E-state index in [1.807, 2.05) is 0 Å². The van der Waals surface area contributed by atoms with Crippen molar-refractivity contribution in [3.05, 3.63) is 24.0 Å². The van der Waals surface area contributed by atoms with Crippen LogP contribution >= 0.6 is 0 Å². The summed E-state index contributed by atoms with van der Waals surface area (Å²) in [4.78, 5) is 20.9. The van der Waals surface area contributed by atoms with E-state index in [0.717, 1.165) is 0 Å². The fourth-order valence-corrected chi connectivity index (χ4v) is 1.06. The average molecular weight is 224 g/mol. The predicted octanol–water partition coefficient (Wildman–Crippen LogP) is 1.02. The van der Waals surface area contributed by atoms with E-state index in [1.165, 1.54) is 23.9 Å². The quantitative estimate of drug-likeness (QED) is 0.778. The van der Waals surface area contributed by atoms with Crippen molar-refractivity contribution < 1.29 is 19.8 Å². The zero-order chi connectivity index (χ0) is 12.1. The number of hydrogen-bond acceptors (Lipinski definition) is 3. The molecule has 0 saturated heterocycles. The van der Waals surface area contributed by atoms with Crippen molar-refractivity contribution in [3.63, 3.8) is 0 Å². The summed E-state index contributed by atoms with van der Waals surface area (Å²) in [5.41, 5.74) is 0.675. The summed E-state index contributed by atoms with van der Waals surface area (Å²) in [5.74, 6) is -1.88. The Labute approximate surface area is 91.8 Å². The molecule has 0 aliphatic heterocycles. The molecule has 0 saturated carbocycles. The van der Waals surface area contributed by atoms with Gasteiger partial charge in [-0.25, -0.2) is 4.79 Å². The highest BCUT2D eigenvalue weighted by atomic mass is 16.4. The zero-order valence-electron chi connectivity index (χ0n) is 8.70. The van der Waals surface area contributed by atoms with Gasteiger partial charge in [0.2, 0.25) is 0 Å². The second kappa shape index (κ2) is 5.11. The van der Waals surface area contributed by atoms with E-state index in [1.54, 1.807) is 12.3 Å². The summed E-state index contributed by atoms with van der Waals surface area (Å²) in [6.07, 6.45) is 6.04. The minimum atomic E-state index is -0.968. The van der Waals surface area contributed by atoms with E-state index in [2.05, 4.69) is 5.10 Å². The molecule has 0 bridgehead atoms. The Bertz CT molecular complexity index is 422. The lowest BCUT2D eigenvalue weighted by Gasteiger charge is -2.04. The Morgan fingerprint density at radius 1 is 1.56 bits per heavy atom.